The molecule has 2 heteroatoms. The van der Waals surface area contributed by atoms with Gasteiger partial charge in [0.05, 0.1) is 13.0 Å². The molecular weight excluding hydrogens is 164 g/mol. The SMILES string of the molecule is COC(=O)C1CC2(CCCCC2)C1. The second-order valence-electron chi connectivity index (χ2n) is 4.69. The monoisotopic (exact) mass is 182 g/mol. The molecule has 0 aromatic rings. The Labute approximate surface area is 79.7 Å². The molecule has 0 aromatic heterocycles. The Hall–Kier alpha value is -0.530. The van der Waals surface area contributed by atoms with E-state index >= 15 is 0 Å². The van der Waals surface area contributed by atoms with Gasteiger partial charge in [-0.25, -0.2) is 0 Å². The van der Waals surface area contributed by atoms with Gasteiger partial charge in [0.1, 0.15) is 0 Å². The summed E-state index contributed by atoms with van der Waals surface area (Å²) in [7, 11) is 1.49. The van der Waals surface area contributed by atoms with Gasteiger partial charge in [-0.05, 0) is 31.1 Å². The summed E-state index contributed by atoms with van der Waals surface area (Å²) in [5.74, 6) is 0.235. The summed E-state index contributed by atoms with van der Waals surface area (Å²) < 4.78 is 4.75. The van der Waals surface area contributed by atoms with Gasteiger partial charge in [-0.3, -0.25) is 4.79 Å². The smallest absolute Gasteiger partial charge is 0.308 e. The molecule has 0 aromatic carbocycles. The lowest BCUT2D eigenvalue weighted by atomic mass is 9.56. The van der Waals surface area contributed by atoms with E-state index in [1.807, 2.05) is 0 Å². The predicted octanol–water partition coefficient (Wildman–Crippen LogP) is 2.52. The van der Waals surface area contributed by atoms with Crippen molar-refractivity contribution in [2.45, 2.75) is 44.9 Å². The van der Waals surface area contributed by atoms with Crippen LogP contribution in [-0.4, -0.2) is 13.1 Å². The maximum absolute atomic E-state index is 11.2. The van der Waals surface area contributed by atoms with E-state index in [0.29, 0.717) is 5.41 Å². The van der Waals surface area contributed by atoms with Crippen LogP contribution in [0.1, 0.15) is 44.9 Å². The highest BCUT2D eigenvalue weighted by Crippen LogP contribution is 2.54. The topological polar surface area (TPSA) is 26.3 Å². The Morgan fingerprint density at radius 2 is 1.85 bits per heavy atom. The predicted molar refractivity (Wildman–Crippen MR) is 50.3 cm³/mol. The summed E-state index contributed by atoms with van der Waals surface area (Å²) in [5, 5.41) is 0. The normalized spacial score (nSPS) is 26.8. The van der Waals surface area contributed by atoms with E-state index in [2.05, 4.69) is 0 Å². The van der Waals surface area contributed by atoms with Crippen molar-refractivity contribution < 1.29 is 9.53 Å². The fraction of sp³-hybridized carbons (Fsp3) is 0.909. The first kappa shape index (κ1) is 9.04. The van der Waals surface area contributed by atoms with Gasteiger partial charge in [-0.2, -0.15) is 0 Å². The molecular formula is C11H18O2. The van der Waals surface area contributed by atoms with E-state index in [1.54, 1.807) is 0 Å². The van der Waals surface area contributed by atoms with E-state index in [4.69, 9.17) is 4.74 Å². The van der Waals surface area contributed by atoms with E-state index < -0.39 is 0 Å². The fourth-order valence-corrected chi connectivity index (χ4v) is 3.03. The van der Waals surface area contributed by atoms with Crippen molar-refractivity contribution in [1.29, 1.82) is 0 Å². The molecule has 2 aliphatic rings. The largest absolute Gasteiger partial charge is 0.469 e. The van der Waals surface area contributed by atoms with Crippen LogP contribution < -0.4 is 0 Å². The van der Waals surface area contributed by atoms with Crippen LogP contribution in [0.15, 0.2) is 0 Å². The molecule has 2 saturated carbocycles. The van der Waals surface area contributed by atoms with Crippen molar-refractivity contribution in [3.8, 4) is 0 Å². The molecule has 0 saturated heterocycles. The van der Waals surface area contributed by atoms with Crippen LogP contribution in [-0.2, 0) is 9.53 Å². The van der Waals surface area contributed by atoms with Crippen molar-refractivity contribution in [3.63, 3.8) is 0 Å². The van der Waals surface area contributed by atoms with Crippen LogP contribution in [0.5, 0.6) is 0 Å². The molecule has 0 atom stereocenters. The molecule has 0 radical (unpaired) electrons. The van der Waals surface area contributed by atoms with Crippen LogP contribution in [0, 0.1) is 11.3 Å². The van der Waals surface area contributed by atoms with Gasteiger partial charge >= 0.3 is 5.97 Å². The third-order valence-electron chi connectivity index (χ3n) is 3.81. The van der Waals surface area contributed by atoms with Crippen molar-refractivity contribution >= 4 is 5.97 Å². The average Bonchev–Trinajstić information content (AvgIpc) is 2.14. The van der Waals surface area contributed by atoms with Gasteiger partial charge in [-0.1, -0.05) is 19.3 Å². The van der Waals surface area contributed by atoms with Crippen molar-refractivity contribution in [2.24, 2.45) is 11.3 Å². The van der Waals surface area contributed by atoms with Crippen LogP contribution in [0.25, 0.3) is 0 Å². The highest BCUT2D eigenvalue weighted by molar-refractivity contribution is 5.73. The second-order valence-corrected chi connectivity index (χ2v) is 4.69. The third kappa shape index (κ3) is 1.59. The number of methoxy groups -OCH3 is 1. The second kappa shape index (κ2) is 3.32. The molecule has 2 rings (SSSR count). The number of esters is 1. The minimum atomic E-state index is 0.0104. The molecule has 0 unspecified atom stereocenters. The Morgan fingerprint density at radius 3 is 2.38 bits per heavy atom. The van der Waals surface area contributed by atoms with Crippen LogP contribution in [0.4, 0.5) is 0 Å². The lowest BCUT2D eigenvalue weighted by Crippen LogP contribution is -2.42. The Kier molecular flexibility index (Phi) is 2.31. The van der Waals surface area contributed by atoms with Gasteiger partial charge in [0.2, 0.25) is 0 Å². The molecule has 0 bridgehead atoms. The Balaban J connectivity index is 1.85. The standard InChI is InChI=1S/C11H18O2/c1-13-10(12)9-7-11(8-9)5-3-2-4-6-11/h9H,2-8H2,1H3. The minimum absolute atomic E-state index is 0.0104. The summed E-state index contributed by atoms with van der Waals surface area (Å²) in [6.07, 6.45) is 9.02. The molecule has 2 aliphatic carbocycles. The van der Waals surface area contributed by atoms with Gasteiger partial charge in [-0.15, -0.1) is 0 Å². The van der Waals surface area contributed by atoms with E-state index in [1.165, 1.54) is 39.2 Å². The van der Waals surface area contributed by atoms with Crippen molar-refractivity contribution in [2.75, 3.05) is 7.11 Å². The van der Waals surface area contributed by atoms with Crippen LogP contribution in [0.3, 0.4) is 0 Å². The zero-order valence-corrected chi connectivity index (χ0v) is 8.34. The molecule has 13 heavy (non-hydrogen) atoms. The molecule has 0 heterocycles. The fourth-order valence-electron chi connectivity index (χ4n) is 3.03. The summed E-state index contributed by atoms with van der Waals surface area (Å²) in [5.41, 5.74) is 0.553. The van der Waals surface area contributed by atoms with Crippen molar-refractivity contribution in [1.82, 2.24) is 0 Å². The number of hydrogen-bond acceptors (Lipinski definition) is 2. The highest BCUT2D eigenvalue weighted by Gasteiger charge is 2.47. The first-order valence-corrected chi connectivity index (χ1v) is 5.34. The maximum Gasteiger partial charge on any atom is 0.308 e. The van der Waals surface area contributed by atoms with Gasteiger partial charge in [0.25, 0.3) is 0 Å². The van der Waals surface area contributed by atoms with E-state index in [0.717, 1.165) is 12.8 Å². The molecule has 2 fully saturated rings. The van der Waals surface area contributed by atoms with Crippen LogP contribution in [0.2, 0.25) is 0 Å². The molecule has 2 nitrogen and oxygen atoms in total. The van der Waals surface area contributed by atoms with Gasteiger partial charge in [0, 0.05) is 0 Å². The van der Waals surface area contributed by atoms with Crippen LogP contribution >= 0.6 is 0 Å². The Morgan fingerprint density at radius 1 is 1.23 bits per heavy atom. The number of ether oxygens (including phenoxy) is 1. The van der Waals surface area contributed by atoms with Crippen molar-refractivity contribution in [3.05, 3.63) is 0 Å². The molecule has 1 spiro atoms. The number of carbonyl (C=O) groups excluding carboxylic acids is 1. The lowest BCUT2D eigenvalue weighted by Gasteiger charge is -2.49. The van der Waals surface area contributed by atoms with Gasteiger partial charge in [0.15, 0.2) is 0 Å². The lowest BCUT2D eigenvalue weighted by molar-refractivity contribution is -0.155. The van der Waals surface area contributed by atoms with Gasteiger partial charge < -0.3 is 4.74 Å². The summed E-state index contributed by atoms with van der Waals surface area (Å²) in [4.78, 5) is 11.2. The first-order valence-electron chi connectivity index (χ1n) is 5.34. The minimum Gasteiger partial charge on any atom is -0.469 e. The van der Waals surface area contributed by atoms with E-state index in [-0.39, 0.29) is 11.9 Å². The summed E-state index contributed by atoms with van der Waals surface area (Å²) in [6.45, 7) is 0. The first-order chi connectivity index (χ1) is 6.26. The Bertz CT molecular complexity index is 196. The zero-order valence-electron chi connectivity index (χ0n) is 8.34. The summed E-state index contributed by atoms with van der Waals surface area (Å²) in [6, 6.07) is 0. The molecule has 0 N–H and O–H groups in total. The average molecular weight is 182 g/mol. The molecule has 0 aliphatic heterocycles. The zero-order chi connectivity index (χ0) is 9.31. The molecule has 74 valence electrons. The quantitative estimate of drug-likeness (QED) is 0.582. The number of hydrogen-bond donors (Lipinski definition) is 0. The van der Waals surface area contributed by atoms with E-state index in [9.17, 15) is 4.79 Å². The highest BCUT2D eigenvalue weighted by atomic mass is 16.5. The summed E-state index contributed by atoms with van der Waals surface area (Å²) >= 11 is 0. The molecule has 0 amide bonds. The number of rotatable bonds is 1. The maximum atomic E-state index is 11.2. The number of carbonyl (C=O) groups is 1. The third-order valence-corrected chi connectivity index (χ3v) is 3.81.